The fourth-order valence-electron chi connectivity index (χ4n) is 3.73. The Morgan fingerprint density at radius 2 is 1.77 bits per heavy atom. The van der Waals surface area contributed by atoms with Gasteiger partial charge in [-0.25, -0.2) is 13.1 Å². The summed E-state index contributed by atoms with van der Waals surface area (Å²) < 4.78 is 28.9. The largest absolute Gasteiger partial charge is 0.317 e. The second kappa shape index (κ2) is 7.35. The first-order chi connectivity index (χ1) is 12.5. The summed E-state index contributed by atoms with van der Waals surface area (Å²) in [6.45, 7) is 3.63. The Hall–Kier alpha value is -1.34. The quantitative estimate of drug-likeness (QED) is 0.847. The zero-order chi connectivity index (χ0) is 18.1. The monoisotopic (exact) mass is 388 g/mol. The lowest BCUT2D eigenvalue weighted by Gasteiger charge is -2.24. The van der Waals surface area contributed by atoms with Crippen LogP contribution >= 0.6 is 11.8 Å². The number of rotatable bonds is 3. The number of benzene rings is 2. The van der Waals surface area contributed by atoms with Crippen LogP contribution in [0.15, 0.2) is 51.1 Å². The smallest absolute Gasteiger partial charge is 0.241 e. The summed E-state index contributed by atoms with van der Waals surface area (Å²) in [7, 11) is -3.50. The highest BCUT2D eigenvalue weighted by molar-refractivity contribution is 7.99. The Labute approximate surface area is 159 Å². The molecule has 0 amide bonds. The standard InChI is InChI=1S/C20H24N2O2S2/c1-14-12-16-7-6-15-4-2-3-5-18(15)25-19(16)13-20(14)26(23,24)22-17-8-10-21-11-9-17/h2-5,12-13,17,21-22H,6-11H2,1H3. The summed E-state index contributed by atoms with van der Waals surface area (Å²) in [5.74, 6) is 0. The lowest BCUT2D eigenvalue weighted by molar-refractivity contribution is 0.427. The molecule has 2 aromatic rings. The van der Waals surface area contributed by atoms with Crippen LogP contribution in [-0.4, -0.2) is 27.5 Å². The normalized spacial score (nSPS) is 18.0. The lowest BCUT2D eigenvalue weighted by Crippen LogP contribution is -2.42. The summed E-state index contributed by atoms with van der Waals surface area (Å²) in [5, 5.41) is 3.27. The van der Waals surface area contributed by atoms with Crippen molar-refractivity contribution in [3.05, 3.63) is 53.1 Å². The highest BCUT2D eigenvalue weighted by Crippen LogP contribution is 2.39. The first kappa shape index (κ1) is 18.0. The minimum atomic E-state index is -3.50. The molecule has 0 aromatic heterocycles. The molecule has 2 heterocycles. The second-order valence-corrected chi connectivity index (χ2v) is 9.85. The number of fused-ring (bicyclic) bond motifs is 2. The number of hydrogen-bond donors (Lipinski definition) is 2. The van der Waals surface area contributed by atoms with Crippen molar-refractivity contribution < 1.29 is 8.42 Å². The Balaban J connectivity index is 1.67. The minimum absolute atomic E-state index is 0.0211. The van der Waals surface area contributed by atoms with Gasteiger partial charge >= 0.3 is 0 Å². The molecule has 0 bridgehead atoms. The maximum Gasteiger partial charge on any atom is 0.241 e. The molecule has 1 fully saturated rings. The van der Waals surface area contributed by atoms with Gasteiger partial charge in [-0.2, -0.15) is 0 Å². The third kappa shape index (κ3) is 3.69. The second-order valence-electron chi connectivity index (χ2n) is 7.08. The van der Waals surface area contributed by atoms with Gasteiger partial charge in [-0.05, 0) is 74.5 Å². The zero-order valence-corrected chi connectivity index (χ0v) is 16.6. The van der Waals surface area contributed by atoms with E-state index in [1.54, 1.807) is 11.8 Å². The van der Waals surface area contributed by atoms with Gasteiger partial charge in [0.1, 0.15) is 0 Å². The van der Waals surface area contributed by atoms with E-state index in [4.69, 9.17) is 0 Å². The fraction of sp³-hybridized carbons (Fsp3) is 0.400. The molecule has 0 aliphatic carbocycles. The van der Waals surface area contributed by atoms with Crippen LogP contribution in [0.3, 0.4) is 0 Å². The molecule has 0 unspecified atom stereocenters. The van der Waals surface area contributed by atoms with Gasteiger partial charge < -0.3 is 5.32 Å². The lowest BCUT2D eigenvalue weighted by atomic mass is 10.0. The first-order valence-corrected chi connectivity index (χ1v) is 11.5. The van der Waals surface area contributed by atoms with Crippen LogP contribution in [0.5, 0.6) is 0 Å². The van der Waals surface area contributed by atoms with Crippen LogP contribution < -0.4 is 10.0 Å². The van der Waals surface area contributed by atoms with Gasteiger partial charge in [0.15, 0.2) is 0 Å². The van der Waals surface area contributed by atoms with Gasteiger partial charge in [0.05, 0.1) is 4.90 Å². The van der Waals surface area contributed by atoms with Crippen LogP contribution in [0, 0.1) is 6.92 Å². The van der Waals surface area contributed by atoms with Crippen molar-refractivity contribution in [2.75, 3.05) is 13.1 Å². The maximum atomic E-state index is 13.0. The Morgan fingerprint density at radius 3 is 2.58 bits per heavy atom. The number of sulfonamides is 1. The van der Waals surface area contributed by atoms with Crippen molar-refractivity contribution in [3.63, 3.8) is 0 Å². The van der Waals surface area contributed by atoms with Gasteiger partial charge in [0.2, 0.25) is 10.0 Å². The van der Waals surface area contributed by atoms with E-state index in [-0.39, 0.29) is 6.04 Å². The van der Waals surface area contributed by atoms with E-state index in [1.165, 1.54) is 16.0 Å². The summed E-state index contributed by atoms with van der Waals surface area (Å²) in [5.41, 5.74) is 3.41. The van der Waals surface area contributed by atoms with Crippen LogP contribution in [0.4, 0.5) is 0 Å². The van der Waals surface area contributed by atoms with E-state index in [2.05, 4.69) is 34.3 Å². The molecule has 4 rings (SSSR count). The summed E-state index contributed by atoms with van der Waals surface area (Å²) in [4.78, 5) is 2.71. The van der Waals surface area contributed by atoms with Crippen molar-refractivity contribution >= 4 is 21.8 Å². The van der Waals surface area contributed by atoms with Crippen molar-refractivity contribution in [3.8, 4) is 0 Å². The fourth-order valence-corrected chi connectivity index (χ4v) is 6.52. The molecule has 2 aliphatic rings. The summed E-state index contributed by atoms with van der Waals surface area (Å²) in [6, 6.07) is 12.4. The Bertz CT molecular complexity index is 919. The summed E-state index contributed by atoms with van der Waals surface area (Å²) in [6.07, 6.45) is 3.62. The molecular formula is C20H24N2O2S2. The minimum Gasteiger partial charge on any atom is -0.317 e. The molecule has 0 saturated carbocycles. The van der Waals surface area contributed by atoms with E-state index in [9.17, 15) is 8.42 Å². The van der Waals surface area contributed by atoms with E-state index in [0.717, 1.165) is 49.2 Å². The van der Waals surface area contributed by atoms with Crippen LogP contribution in [-0.2, 0) is 22.9 Å². The van der Waals surface area contributed by atoms with Crippen molar-refractivity contribution in [2.24, 2.45) is 0 Å². The zero-order valence-electron chi connectivity index (χ0n) is 14.9. The Morgan fingerprint density at radius 1 is 1.04 bits per heavy atom. The number of hydrogen-bond acceptors (Lipinski definition) is 4. The molecule has 0 atom stereocenters. The molecule has 1 saturated heterocycles. The summed E-state index contributed by atoms with van der Waals surface area (Å²) >= 11 is 1.69. The third-order valence-corrected chi connectivity index (χ3v) is 8.05. The first-order valence-electron chi connectivity index (χ1n) is 9.15. The maximum absolute atomic E-state index is 13.0. The predicted molar refractivity (Wildman–Crippen MR) is 105 cm³/mol. The number of piperidine rings is 1. The Kier molecular flexibility index (Phi) is 5.10. The van der Waals surface area contributed by atoms with Crippen LogP contribution in [0.25, 0.3) is 0 Å². The van der Waals surface area contributed by atoms with E-state index in [1.807, 2.05) is 19.1 Å². The molecule has 6 heteroatoms. The molecule has 138 valence electrons. The average molecular weight is 389 g/mol. The highest BCUT2D eigenvalue weighted by Gasteiger charge is 2.25. The molecule has 2 aliphatic heterocycles. The van der Waals surface area contributed by atoms with Gasteiger partial charge in [-0.3, -0.25) is 0 Å². The van der Waals surface area contributed by atoms with Crippen LogP contribution in [0.1, 0.15) is 29.5 Å². The van der Waals surface area contributed by atoms with Gasteiger partial charge in [0, 0.05) is 15.8 Å². The topological polar surface area (TPSA) is 58.2 Å². The van der Waals surface area contributed by atoms with Gasteiger partial charge in [0.25, 0.3) is 0 Å². The predicted octanol–water partition coefficient (Wildman–Crippen LogP) is 3.28. The highest BCUT2D eigenvalue weighted by atomic mass is 32.2. The third-order valence-electron chi connectivity index (χ3n) is 5.16. The molecule has 0 spiro atoms. The molecule has 4 nitrogen and oxygen atoms in total. The van der Waals surface area contributed by atoms with Gasteiger partial charge in [-0.1, -0.05) is 36.0 Å². The molecule has 0 radical (unpaired) electrons. The van der Waals surface area contributed by atoms with Crippen molar-refractivity contribution in [2.45, 2.75) is 53.3 Å². The molecule has 2 aromatic carbocycles. The molecule has 26 heavy (non-hydrogen) atoms. The number of aryl methyl sites for hydroxylation is 3. The van der Waals surface area contributed by atoms with Crippen molar-refractivity contribution in [1.29, 1.82) is 0 Å². The number of nitrogens with one attached hydrogen (secondary N) is 2. The molecular weight excluding hydrogens is 364 g/mol. The van der Waals surface area contributed by atoms with Gasteiger partial charge in [-0.15, -0.1) is 0 Å². The van der Waals surface area contributed by atoms with E-state index < -0.39 is 10.0 Å². The van der Waals surface area contributed by atoms with Crippen LogP contribution in [0.2, 0.25) is 0 Å². The van der Waals surface area contributed by atoms with E-state index >= 15 is 0 Å². The SMILES string of the molecule is Cc1cc2c(cc1S(=O)(=O)NC1CCNCC1)Sc1ccccc1CC2. The average Bonchev–Trinajstić information content (AvgIpc) is 2.80. The van der Waals surface area contributed by atoms with E-state index in [0.29, 0.717) is 4.90 Å². The van der Waals surface area contributed by atoms with Crippen molar-refractivity contribution in [1.82, 2.24) is 10.0 Å². The molecule has 2 N–H and O–H groups in total.